The minimum Gasteiger partial charge on any atom is -0.392 e. The predicted octanol–water partition coefficient (Wildman–Crippen LogP) is 2.07. The summed E-state index contributed by atoms with van der Waals surface area (Å²) in [5, 5.41) is 11.2. The number of nitrogens with zero attached hydrogens (tertiary/aromatic N) is 3. The van der Waals surface area contributed by atoms with Gasteiger partial charge < -0.3 is 5.11 Å². The predicted molar refractivity (Wildman–Crippen MR) is 101 cm³/mol. The number of rotatable bonds is 5. The Hall–Kier alpha value is -1.06. The number of hydrogen-bond donors (Lipinski definition) is 1. The molecule has 1 saturated heterocycles. The van der Waals surface area contributed by atoms with Crippen LogP contribution in [0.15, 0.2) is 40.0 Å². The molecule has 0 spiro atoms. The minimum absolute atomic E-state index is 0.307. The van der Waals surface area contributed by atoms with Gasteiger partial charge in [-0.15, -0.1) is 0 Å². The average molecular weight is 428 g/mol. The molecule has 6 nitrogen and oxygen atoms in total. The van der Waals surface area contributed by atoms with Crippen molar-refractivity contribution in [2.75, 3.05) is 32.7 Å². The lowest BCUT2D eigenvalue weighted by atomic mass is 10.2. The van der Waals surface area contributed by atoms with Gasteiger partial charge in [-0.3, -0.25) is 9.88 Å². The van der Waals surface area contributed by atoms with Crippen LogP contribution in [0.2, 0.25) is 0 Å². The molecule has 2 aromatic rings. The first kappa shape index (κ1) is 18.7. The van der Waals surface area contributed by atoms with Crippen molar-refractivity contribution in [2.45, 2.75) is 24.3 Å². The smallest absolute Gasteiger partial charge is 0.243 e. The van der Waals surface area contributed by atoms with Gasteiger partial charge in [-0.05, 0) is 28.4 Å². The summed E-state index contributed by atoms with van der Waals surface area (Å²) in [5.41, 5.74) is 0. The Balaban J connectivity index is 1.84. The maximum atomic E-state index is 13.2. The summed E-state index contributed by atoms with van der Waals surface area (Å²) in [6, 6.07) is 5.25. The van der Waals surface area contributed by atoms with Crippen LogP contribution in [0.4, 0.5) is 0 Å². The first-order chi connectivity index (χ1) is 11.9. The van der Waals surface area contributed by atoms with Crippen molar-refractivity contribution in [1.29, 1.82) is 0 Å². The lowest BCUT2D eigenvalue weighted by molar-refractivity contribution is 0.0896. The van der Waals surface area contributed by atoms with Crippen molar-refractivity contribution < 1.29 is 13.5 Å². The zero-order valence-corrected chi connectivity index (χ0v) is 16.5. The highest BCUT2D eigenvalue weighted by Gasteiger charge is 2.30. The average Bonchev–Trinajstić information content (AvgIpc) is 2.62. The topological polar surface area (TPSA) is 73.7 Å². The van der Waals surface area contributed by atoms with E-state index >= 15 is 0 Å². The Bertz CT molecular complexity index is 846. The Morgan fingerprint density at radius 2 is 1.96 bits per heavy atom. The molecule has 1 aliphatic heterocycles. The molecule has 3 rings (SSSR count). The maximum Gasteiger partial charge on any atom is 0.243 e. The lowest BCUT2D eigenvalue weighted by Crippen LogP contribution is -2.50. The zero-order valence-electron chi connectivity index (χ0n) is 14.1. The summed E-state index contributed by atoms with van der Waals surface area (Å²) in [6.45, 7) is 4.65. The molecule has 8 heteroatoms. The Kier molecular flexibility index (Phi) is 5.75. The third-order valence-corrected chi connectivity index (χ3v) is 7.13. The minimum atomic E-state index is -3.58. The van der Waals surface area contributed by atoms with Gasteiger partial charge in [0.2, 0.25) is 10.0 Å². The number of fused-ring (bicyclic) bond motifs is 1. The van der Waals surface area contributed by atoms with E-state index < -0.39 is 10.0 Å². The molecule has 0 unspecified atom stereocenters. The van der Waals surface area contributed by atoms with E-state index in [0.717, 1.165) is 5.39 Å². The van der Waals surface area contributed by atoms with Crippen molar-refractivity contribution in [2.24, 2.45) is 0 Å². The fourth-order valence-corrected chi connectivity index (χ4v) is 5.44. The summed E-state index contributed by atoms with van der Waals surface area (Å²) >= 11 is 3.43. The van der Waals surface area contributed by atoms with Crippen LogP contribution in [0, 0.1) is 0 Å². The van der Waals surface area contributed by atoms with E-state index in [2.05, 4.69) is 25.8 Å². The molecule has 1 aliphatic rings. The second kappa shape index (κ2) is 7.67. The number of hydrogen-bond acceptors (Lipinski definition) is 5. The third kappa shape index (κ3) is 3.88. The van der Waals surface area contributed by atoms with Crippen LogP contribution in [0.25, 0.3) is 10.8 Å². The summed E-state index contributed by atoms with van der Waals surface area (Å²) in [4.78, 5) is 6.53. The maximum absolute atomic E-state index is 13.2. The van der Waals surface area contributed by atoms with Gasteiger partial charge in [0.1, 0.15) is 0 Å². The number of sulfonamides is 1. The molecule has 1 N–H and O–H groups in total. The summed E-state index contributed by atoms with van der Waals surface area (Å²) in [5.74, 6) is 0. The molecule has 1 aromatic heterocycles. The first-order valence-electron chi connectivity index (χ1n) is 8.36. The van der Waals surface area contributed by atoms with Gasteiger partial charge in [0.25, 0.3) is 0 Å². The lowest BCUT2D eigenvalue weighted by Gasteiger charge is -2.35. The van der Waals surface area contributed by atoms with Gasteiger partial charge in [0.05, 0.1) is 11.0 Å². The van der Waals surface area contributed by atoms with Crippen LogP contribution in [0.3, 0.4) is 0 Å². The molecule has 0 saturated carbocycles. The number of halogens is 1. The van der Waals surface area contributed by atoms with Gasteiger partial charge in [-0.2, -0.15) is 4.31 Å². The third-order valence-electron chi connectivity index (χ3n) is 4.59. The SMILES string of the molecule is CC[C@H](O)CN1CCN(S(=O)(=O)c2cccc3cncc(Br)c23)CC1. The van der Waals surface area contributed by atoms with Crippen LogP contribution >= 0.6 is 15.9 Å². The molecule has 0 amide bonds. The number of piperazine rings is 1. The highest BCUT2D eigenvalue weighted by atomic mass is 79.9. The van der Waals surface area contributed by atoms with Gasteiger partial charge >= 0.3 is 0 Å². The molecule has 136 valence electrons. The molecule has 0 bridgehead atoms. The van der Waals surface area contributed by atoms with Crippen LogP contribution in [0.1, 0.15) is 13.3 Å². The molecule has 0 radical (unpaired) electrons. The van der Waals surface area contributed by atoms with Crippen molar-refractivity contribution in [3.8, 4) is 0 Å². The fourth-order valence-electron chi connectivity index (χ4n) is 3.09. The standard InChI is InChI=1S/C17H22BrN3O3S/c1-2-14(22)12-20-6-8-21(9-7-20)25(23,24)16-5-3-4-13-10-19-11-15(18)17(13)16/h3-5,10-11,14,22H,2,6-9,12H2,1H3/t14-/m0/s1. The zero-order chi connectivity index (χ0) is 18.0. The largest absolute Gasteiger partial charge is 0.392 e. The molecule has 2 heterocycles. The van der Waals surface area contributed by atoms with Crippen LogP contribution in [-0.4, -0.2) is 66.5 Å². The highest BCUT2D eigenvalue weighted by molar-refractivity contribution is 9.10. The summed E-state index contributed by atoms with van der Waals surface area (Å²) in [7, 11) is -3.58. The van der Waals surface area contributed by atoms with E-state index in [0.29, 0.717) is 53.9 Å². The fraction of sp³-hybridized carbons (Fsp3) is 0.471. The second-order valence-corrected chi connectivity index (χ2v) is 9.00. The molecule has 0 aliphatic carbocycles. The van der Waals surface area contributed by atoms with Gasteiger partial charge in [0.15, 0.2) is 0 Å². The molecule has 25 heavy (non-hydrogen) atoms. The number of benzene rings is 1. The van der Waals surface area contributed by atoms with Crippen molar-refractivity contribution in [1.82, 2.24) is 14.2 Å². The van der Waals surface area contributed by atoms with Crippen molar-refractivity contribution >= 4 is 36.7 Å². The van der Waals surface area contributed by atoms with Gasteiger partial charge in [-0.25, -0.2) is 8.42 Å². The van der Waals surface area contributed by atoms with Crippen LogP contribution in [-0.2, 0) is 10.0 Å². The monoisotopic (exact) mass is 427 g/mol. The summed E-state index contributed by atoms with van der Waals surface area (Å²) in [6.07, 6.45) is 3.63. The number of aliphatic hydroxyl groups excluding tert-OH is 1. The Morgan fingerprint density at radius 1 is 1.24 bits per heavy atom. The normalized spacial score (nSPS) is 18.5. The number of β-amino-alcohol motifs (C(OH)–C–C–N with tert-alkyl or cyclic N) is 1. The molecule has 1 fully saturated rings. The van der Waals surface area contributed by atoms with Crippen LogP contribution < -0.4 is 0 Å². The molecular formula is C17H22BrN3O3S. The Labute approximate surface area is 156 Å². The van der Waals surface area contributed by atoms with Crippen molar-refractivity contribution in [3.05, 3.63) is 35.1 Å². The van der Waals surface area contributed by atoms with Gasteiger partial charge in [0, 0.05) is 60.4 Å². The van der Waals surface area contributed by atoms with E-state index in [4.69, 9.17) is 0 Å². The van der Waals surface area contributed by atoms with Crippen molar-refractivity contribution in [3.63, 3.8) is 0 Å². The van der Waals surface area contributed by atoms with E-state index in [-0.39, 0.29) is 6.10 Å². The number of pyridine rings is 1. The highest BCUT2D eigenvalue weighted by Crippen LogP contribution is 2.31. The van der Waals surface area contributed by atoms with E-state index in [1.54, 1.807) is 24.5 Å². The quantitative estimate of drug-likeness (QED) is 0.790. The van der Waals surface area contributed by atoms with Gasteiger partial charge in [-0.1, -0.05) is 19.1 Å². The second-order valence-electron chi connectivity index (χ2n) is 6.24. The molecular weight excluding hydrogens is 406 g/mol. The first-order valence-corrected chi connectivity index (χ1v) is 10.6. The summed E-state index contributed by atoms with van der Waals surface area (Å²) < 4.78 is 28.5. The molecule has 1 aromatic carbocycles. The number of aromatic nitrogens is 1. The van der Waals surface area contributed by atoms with E-state index in [1.165, 1.54) is 4.31 Å². The van der Waals surface area contributed by atoms with E-state index in [1.807, 2.05) is 13.0 Å². The van der Waals surface area contributed by atoms with E-state index in [9.17, 15) is 13.5 Å². The Morgan fingerprint density at radius 3 is 2.64 bits per heavy atom. The van der Waals surface area contributed by atoms with Crippen LogP contribution in [0.5, 0.6) is 0 Å². The number of aliphatic hydroxyl groups is 1. The molecule has 1 atom stereocenters.